The van der Waals surface area contributed by atoms with Gasteiger partial charge < -0.3 is 10.4 Å². The predicted molar refractivity (Wildman–Crippen MR) is 91.1 cm³/mol. The smallest absolute Gasteiger partial charge is 0.255 e. The van der Waals surface area contributed by atoms with Crippen LogP contribution in [-0.4, -0.2) is 25.8 Å². The van der Waals surface area contributed by atoms with E-state index in [0.717, 1.165) is 11.3 Å². The number of aliphatic hydroxyl groups excluding tert-OH is 1. The SMILES string of the molecule is Cc1cc(C(=O)Nc2ccccc2C(C)O)ccc1-n1cncn1. The average Bonchev–Trinajstić information content (AvgIpc) is 3.09. The summed E-state index contributed by atoms with van der Waals surface area (Å²) in [7, 11) is 0. The molecule has 0 saturated heterocycles. The van der Waals surface area contributed by atoms with Crippen molar-refractivity contribution in [3.63, 3.8) is 0 Å². The Balaban J connectivity index is 1.85. The van der Waals surface area contributed by atoms with Crippen LogP contribution in [0.25, 0.3) is 5.69 Å². The number of para-hydroxylation sites is 1. The Morgan fingerprint density at radius 3 is 2.71 bits per heavy atom. The number of hydrogen-bond donors (Lipinski definition) is 2. The molecule has 3 rings (SSSR count). The summed E-state index contributed by atoms with van der Waals surface area (Å²) in [5.41, 5.74) is 3.61. The molecule has 6 nitrogen and oxygen atoms in total. The van der Waals surface area contributed by atoms with Gasteiger partial charge in [0.15, 0.2) is 0 Å². The Labute approximate surface area is 139 Å². The van der Waals surface area contributed by atoms with E-state index in [2.05, 4.69) is 15.4 Å². The molecular weight excluding hydrogens is 304 g/mol. The van der Waals surface area contributed by atoms with Crippen molar-refractivity contribution >= 4 is 11.6 Å². The number of hydrogen-bond acceptors (Lipinski definition) is 4. The lowest BCUT2D eigenvalue weighted by molar-refractivity contribution is 0.102. The molecule has 1 atom stereocenters. The van der Waals surface area contributed by atoms with E-state index in [0.29, 0.717) is 16.8 Å². The molecule has 2 aromatic carbocycles. The minimum atomic E-state index is -0.655. The summed E-state index contributed by atoms with van der Waals surface area (Å²) in [5.74, 6) is -0.226. The van der Waals surface area contributed by atoms with Crippen molar-refractivity contribution < 1.29 is 9.90 Å². The summed E-state index contributed by atoms with van der Waals surface area (Å²) in [4.78, 5) is 16.4. The maximum absolute atomic E-state index is 12.5. The molecule has 6 heteroatoms. The molecular formula is C18H18N4O2. The first kappa shape index (κ1) is 15.9. The molecule has 0 radical (unpaired) electrons. The fourth-order valence-electron chi connectivity index (χ4n) is 2.56. The summed E-state index contributed by atoms with van der Waals surface area (Å²) in [5, 5.41) is 16.8. The molecule has 0 saturated carbocycles. The zero-order chi connectivity index (χ0) is 17.1. The summed E-state index contributed by atoms with van der Waals surface area (Å²) in [6, 6.07) is 12.6. The number of nitrogens with zero attached hydrogens (tertiary/aromatic N) is 3. The van der Waals surface area contributed by atoms with Gasteiger partial charge in [0.1, 0.15) is 12.7 Å². The number of nitrogens with one attached hydrogen (secondary N) is 1. The first-order chi connectivity index (χ1) is 11.6. The zero-order valence-electron chi connectivity index (χ0n) is 13.5. The standard InChI is InChI=1S/C18H18N4O2/c1-12-9-14(7-8-17(12)22-11-19-10-20-22)18(24)21-16-6-4-3-5-15(16)13(2)23/h3-11,13,23H,1-2H3,(H,21,24). The van der Waals surface area contributed by atoms with E-state index in [1.165, 1.54) is 6.33 Å². The van der Waals surface area contributed by atoms with Gasteiger partial charge in [0.25, 0.3) is 5.91 Å². The Hall–Kier alpha value is -2.99. The third-order valence-corrected chi connectivity index (χ3v) is 3.78. The largest absolute Gasteiger partial charge is 0.389 e. The van der Waals surface area contributed by atoms with Gasteiger partial charge in [-0.1, -0.05) is 18.2 Å². The highest BCUT2D eigenvalue weighted by Crippen LogP contribution is 2.23. The van der Waals surface area contributed by atoms with Crippen molar-refractivity contribution in [3.05, 3.63) is 71.8 Å². The van der Waals surface area contributed by atoms with Gasteiger partial charge in [0.2, 0.25) is 0 Å². The number of rotatable bonds is 4. The molecule has 0 aliphatic rings. The van der Waals surface area contributed by atoms with Gasteiger partial charge in [0, 0.05) is 16.8 Å². The van der Waals surface area contributed by atoms with Crippen LogP contribution in [0.5, 0.6) is 0 Å². The van der Waals surface area contributed by atoms with Gasteiger partial charge in [-0.15, -0.1) is 0 Å². The second kappa shape index (κ2) is 6.64. The third kappa shape index (κ3) is 3.18. The molecule has 0 bridgehead atoms. The highest BCUT2D eigenvalue weighted by molar-refractivity contribution is 6.05. The van der Waals surface area contributed by atoms with E-state index in [4.69, 9.17) is 0 Å². The molecule has 0 fully saturated rings. The second-order valence-electron chi connectivity index (χ2n) is 5.56. The molecule has 0 aliphatic carbocycles. The molecule has 122 valence electrons. The van der Waals surface area contributed by atoms with Crippen molar-refractivity contribution in [1.82, 2.24) is 14.8 Å². The Kier molecular flexibility index (Phi) is 4.39. The summed E-state index contributed by atoms with van der Waals surface area (Å²) in [6.45, 7) is 3.58. The summed E-state index contributed by atoms with van der Waals surface area (Å²) < 4.78 is 1.65. The van der Waals surface area contributed by atoms with Crippen LogP contribution < -0.4 is 5.32 Å². The highest BCUT2D eigenvalue weighted by atomic mass is 16.3. The Bertz CT molecular complexity index is 857. The van der Waals surface area contributed by atoms with Crippen LogP contribution in [0.4, 0.5) is 5.69 Å². The molecule has 1 heterocycles. The molecule has 1 amide bonds. The molecule has 0 spiro atoms. The highest BCUT2D eigenvalue weighted by Gasteiger charge is 2.13. The second-order valence-corrected chi connectivity index (χ2v) is 5.56. The number of aromatic nitrogens is 3. The first-order valence-corrected chi connectivity index (χ1v) is 7.60. The normalized spacial score (nSPS) is 12.0. The summed E-state index contributed by atoms with van der Waals surface area (Å²) >= 11 is 0. The van der Waals surface area contributed by atoms with Crippen LogP contribution in [-0.2, 0) is 0 Å². The van der Waals surface area contributed by atoms with E-state index < -0.39 is 6.10 Å². The summed E-state index contributed by atoms with van der Waals surface area (Å²) in [6.07, 6.45) is 2.42. The maximum Gasteiger partial charge on any atom is 0.255 e. The van der Waals surface area contributed by atoms with Crippen LogP contribution in [0.3, 0.4) is 0 Å². The molecule has 3 aromatic rings. The van der Waals surface area contributed by atoms with E-state index >= 15 is 0 Å². The number of carbonyl (C=O) groups is 1. The Morgan fingerprint density at radius 1 is 1.25 bits per heavy atom. The van der Waals surface area contributed by atoms with Gasteiger partial charge in [-0.2, -0.15) is 5.10 Å². The first-order valence-electron chi connectivity index (χ1n) is 7.60. The Morgan fingerprint density at radius 2 is 2.04 bits per heavy atom. The molecule has 0 aliphatic heterocycles. The van der Waals surface area contributed by atoms with Gasteiger partial charge in [-0.3, -0.25) is 4.79 Å². The average molecular weight is 322 g/mol. The van der Waals surface area contributed by atoms with Crippen molar-refractivity contribution in [2.45, 2.75) is 20.0 Å². The minimum Gasteiger partial charge on any atom is -0.389 e. The van der Waals surface area contributed by atoms with E-state index in [9.17, 15) is 9.90 Å². The van der Waals surface area contributed by atoms with Gasteiger partial charge >= 0.3 is 0 Å². The zero-order valence-corrected chi connectivity index (χ0v) is 13.5. The predicted octanol–water partition coefficient (Wildman–Crippen LogP) is 2.88. The van der Waals surface area contributed by atoms with E-state index in [1.54, 1.807) is 42.2 Å². The number of aliphatic hydroxyl groups is 1. The fourth-order valence-corrected chi connectivity index (χ4v) is 2.56. The lowest BCUT2D eigenvalue weighted by Gasteiger charge is -2.13. The maximum atomic E-state index is 12.5. The van der Waals surface area contributed by atoms with Crippen LogP contribution >= 0.6 is 0 Å². The lowest BCUT2D eigenvalue weighted by atomic mass is 10.1. The van der Waals surface area contributed by atoms with Crippen molar-refractivity contribution in [2.24, 2.45) is 0 Å². The number of anilines is 1. The molecule has 1 unspecified atom stereocenters. The molecule has 2 N–H and O–H groups in total. The van der Waals surface area contributed by atoms with Gasteiger partial charge in [-0.05, 0) is 43.7 Å². The van der Waals surface area contributed by atoms with Crippen LogP contribution in [0.15, 0.2) is 55.1 Å². The number of amides is 1. The van der Waals surface area contributed by atoms with Crippen LogP contribution in [0.1, 0.15) is 34.5 Å². The van der Waals surface area contributed by atoms with E-state index in [1.807, 2.05) is 25.1 Å². The fraction of sp³-hybridized carbons (Fsp3) is 0.167. The third-order valence-electron chi connectivity index (χ3n) is 3.78. The van der Waals surface area contributed by atoms with Crippen molar-refractivity contribution in [3.8, 4) is 5.69 Å². The monoisotopic (exact) mass is 322 g/mol. The van der Waals surface area contributed by atoms with Crippen LogP contribution in [0, 0.1) is 6.92 Å². The minimum absolute atomic E-state index is 0.226. The number of benzene rings is 2. The van der Waals surface area contributed by atoms with Crippen molar-refractivity contribution in [2.75, 3.05) is 5.32 Å². The lowest BCUT2D eigenvalue weighted by Crippen LogP contribution is -2.14. The van der Waals surface area contributed by atoms with Gasteiger partial charge in [-0.25, -0.2) is 9.67 Å². The van der Waals surface area contributed by atoms with E-state index in [-0.39, 0.29) is 5.91 Å². The molecule has 1 aromatic heterocycles. The van der Waals surface area contributed by atoms with Gasteiger partial charge in [0.05, 0.1) is 11.8 Å². The van der Waals surface area contributed by atoms with Crippen molar-refractivity contribution in [1.29, 1.82) is 0 Å². The molecule has 24 heavy (non-hydrogen) atoms. The number of aryl methyl sites for hydroxylation is 1. The topological polar surface area (TPSA) is 80.0 Å². The van der Waals surface area contributed by atoms with Crippen LogP contribution in [0.2, 0.25) is 0 Å². The quantitative estimate of drug-likeness (QED) is 0.774. The number of carbonyl (C=O) groups excluding carboxylic acids is 1.